The summed E-state index contributed by atoms with van der Waals surface area (Å²) < 4.78 is 5.21. The van der Waals surface area contributed by atoms with Crippen LogP contribution in [0.25, 0.3) is 0 Å². The van der Waals surface area contributed by atoms with Crippen LogP contribution >= 0.6 is 11.6 Å². The number of ether oxygens (including phenoxy) is 1. The molecule has 2 rings (SSSR count). The summed E-state index contributed by atoms with van der Waals surface area (Å²) in [5, 5.41) is 9.88. The van der Waals surface area contributed by atoms with E-state index in [0.717, 1.165) is 31.6 Å². The lowest BCUT2D eigenvalue weighted by Crippen LogP contribution is -2.36. The number of hydrogen-bond donors (Lipinski definition) is 1. The molecule has 1 N–H and O–H groups in total. The van der Waals surface area contributed by atoms with Crippen molar-refractivity contribution in [2.75, 3.05) is 25.1 Å². The highest BCUT2D eigenvalue weighted by Crippen LogP contribution is 2.29. The molecule has 16 heavy (non-hydrogen) atoms. The number of hydrogen-bond acceptors (Lipinski definition) is 4. The number of aliphatic hydroxyl groups excluding tert-OH is 1. The molecule has 1 aromatic heterocycles. The van der Waals surface area contributed by atoms with Crippen LogP contribution in [-0.2, 0) is 0 Å². The topological polar surface area (TPSA) is 45.6 Å². The lowest BCUT2D eigenvalue weighted by atomic mass is 10.1. The van der Waals surface area contributed by atoms with Crippen LogP contribution in [-0.4, -0.2) is 36.4 Å². The van der Waals surface area contributed by atoms with Gasteiger partial charge in [-0.25, -0.2) is 0 Å². The Hall–Kier alpha value is -1.00. The van der Waals surface area contributed by atoms with E-state index in [1.165, 1.54) is 0 Å². The van der Waals surface area contributed by atoms with E-state index in [1.807, 2.05) is 6.07 Å². The van der Waals surface area contributed by atoms with E-state index in [9.17, 15) is 5.11 Å². The fourth-order valence-electron chi connectivity index (χ4n) is 1.91. The maximum absolute atomic E-state index is 9.45. The van der Waals surface area contributed by atoms with Gasteiger partial charge >= 0.3 is 0 Å². The molecule has 1 fully saturated rings. The molecule has 2 heterocycles. The van der Waals surface area contributed by atoms with Crippen LogP contribution in [0.4, 0.5) is 5.69 Å². The minimum Gasteiger partial charge on any atom is -0.479 e. The van der Waals surface area contributed by atoms with Crippen molar-refractivity contribution in [3.05, 3.63) is 17.3 Å². The molecule has 1 aliphatic heterocycles. The molecule has 0 spiro atoms. The fraction of sp³-hybridized carbons (Fsp3) is 0.545. The number of nitrogens with zero attached hydrogens (tertiary/aromatic N) is 2. The van der Waals surface area contributed by atoms with Crippen molar-refractivity contribution in [1.82, 2.24) is 4.98 Å². The number of aliphatic hydroxyl groups is 1. The van der Waals surface area contributed by atoms with Crippen LogP contribution in [0.1, 0.15) is 12.8 Å². The molecule has 1 saturated heterocycles. The van der Waals surface area contributed by atoms with E-state index < -0.39 is 0 Å². The largest absolute Gasteiger partial charge is 0.479 e. The number of piperidine rings is 1. The second kappa shape index (κ2) is 4.89. The van der Waals surface area contributed by atoms with Crippen molar-refractivity contribution in [3.63, 3.8) is 0 Å². The molecule has 0 unspecified atom stereocenters. The van der Waals surface area contributed by atoms with Crippen LogP contribution < -0.4 is 9.64 Å². The van der Waals surface area contributed by atoms with Crippen molar-refractivity contribution in [2.45, 2.75) is 18.9 Å². The number of anilines is 1. The van der Waals surface area contributed by atoms with Gasteiger partial charge in [0.2, 0.25) is 5.88 Å². The normalized spacial score (nSPS) is 17.6. The van der Waals surface area contributed by atoms with Crippen molar-refractivity contribution < 1.29 is 9.84 Å². The first-order valence-electron chi connectivity index (χ1n) is 5.34. The molecule has 0 amide bonds. The first kappa shape index (κ1) is 11.5. The van der Waals surface area contributed by atoms with Gasteiger partial charge in [0.15, 0.2) is 0 Å². The SMILES string of the molecule is COc1nc(Cl)ccc1N1CCC(O)CC1. The van der Waals surface area contributed by atoms with Gasteiger partial charge in [0.25, 0.3) is 0 Å². The van der Waals surface area contributed by atoms with E-state index in [0.29, 0.717) is 11.0 Å². The molecule has 5 heteroatoms. The molecule has 88 valence electrons. The Morgan fingerprint density at radius 2 is 2.12 bits per heavy atom. The van der Waals surface area contributed by atoms with E-state index >= 15 is 0 Å². The molecule has 0 aromatic carbocycles. The Kier molecular flexibility index (Phi) is 3.51. The van der Waals surface area contributed by atoms with Gasteiger partial charge in [-0.3, -0.25) is 0 Å². The second-order valence-corrected chi connectivity index (χ2v) is 4.27. The van der Waals surface area contributed by atoms with Gasteiger partial charge in [0.1, 0.15) is 5.15 Å². The smallest absolute Gasteiger partial charge is 0.238 e. The summed E-state index contributed by atoms with van der Waals surface area (Å²) in [6.07, 6.45) is 1.39. The molecule has 0 saturated carbocycles. The van der Waals surface area contributed by atoms with Gasteiger partial charge < -0.3 is 14.7 Å². The van der Waals surface area contributed by atoms with Crippen LogP contribution in [0.2, 0.25) is 5.15 Å². The average molecular weight is 243 g/mol. The molecule has 1 aromatic rings. The molecule has 0 atom stereocenters. The summed E-state index contributed by atoms with van der Waals surface area (Å²) >= 11 is 5.81. The molecular formula is C11H15ClN2O2. The Morgan fingerprint density at radius 3 is 2.75 bits per heavy atom. The third-order valence-electron chi connectivity index (χ3n) is 2.80. The van der Waals surface area contributed by atoms with Crippen LogP contribution in [0, 0.1) is 0 Å². The highest BCUT2D eigenvalue weighted by atomic mass is 35.5. The molecule has 0 bridgehead atoms. The number of halogens is 1. The van der Waals surface area contributed by atoms with Gasteiger partial charge in [0, 0.05) is 13.1 Å². The minimum absolute atomic E-state index is 0.178. The zero-order valence-electron chi connectivity index (χ0n) is 9.19. The first-order chi connectivity index (χ1) is 7.70. The Bertz CT molecular complexity index is 365. The van der Waals surface area contributed by atoms with Crippen LogP contribution in [0.5, 0.6) is 5.88 Å². The van der Waals surface area contributed by atoms with Gasteiger partial charge in [-0.05, 0) is 25.0 Å². The minimum atomic E-state index is -0.178. The number of aromatic nitrogens is 1. The van der Waals surface area contributed by atoms with Gasteiger partial charge in [-0.2, -0.15) is 4.98 Å². The van der Waals surface area contributed by atoms with E-state index in [2.05, 4.69) is 9.88 Å². The molecule has 4 nitrogen and oxygen atoms in total. The Balaban J connectivity index is 2.19. The van der Waals surface area contributed by atoms with Gasteiger partial charge in [-0.1, -0.05) is 11.6 Å². The summed E-state index contributed by atoms with van der Waals surface area (Å²) in [5.74, 6) is 0.545. The maximum Gasteiger partial charge on any atom is 0.238 e. The predicted molar refractivity (Wildman–Crippen MR) is 63.3 cm³/mol. The van der Waals surface area contributed by atoms with Crippen molar-refractivity contribution in [1.29, 1.82) is 0 Å². The van der Waals surface area contributed by atoms with Gasteiger partial charge in [-0.15, -0.1) is 0 Å². The molecule has 0 radical (unpaired) electrons. The Morgan fingerprint density at radius 1 is 1.44 bits per heavy atom. The Labute approximate surface area is 99.8 Å². The maximum atomic E-state index is 9.45. The lowest BCUT2D eigenvalue weighted by Gasteiger charge is -2.31. The third kappa shape index (κ3) is 2.39. The summed E-state index contributed by atoms with van der Waals surface area (Å²) in [7, 11) is 1.58. The zero-order chi connectivity index (χ0) is 11.5. The molecular weight excluding hydrogens is 228 g/mol. The number of pyridine rings is 1. The second-order valence-electron chi connectivity index (χ2n) is 3.88. The molecule has 1 aliphatic rings. The lowest BCUT2D eigenvalue weighted by molar-refractivity contribution is 0.145. The summed E-state index contributed by atoms with van der Waals surface area (Å²) in [6.45, 7) is 1.64. The standard InChI is InChI=1S/C11H15ClN2O2/c1-16-11-9(2-3-10(12)13-11)14-6-4-8(15)5-7-14/h2-3,8,15H,4-7H2,1H3. The quantitative estimate of drug-likeness (QED) is 0.802. The predicted octanol–water partition coefficient (Wildman–Crippen LogP) is 1.70. The van der Waals surface area contributed by atoms with Crippen molar-refractivity contribution >= 4 is 17.3 Å². The zero-order valence-corrected chi connectivity index (χ0v) is 9.94. The highest BCUT2D eigenvalue weighted by molar-refractivity contribution is 6.29. The molecule has 0 aliphatic carbocycles. The van der Waals surface area contributed by atoms with Gasteiger partial charge in [0.05, 0.1) is 18.9 Å². The van der Waals surface area contributed by atoms with E-state index in [4.69, 9.17) is 16.3 Å². The van der Waals surface area contributed by atoms with Crippen molar-refractivity contribution in [3.8, 4) is 5.88 Å². The summed E-state index contributed by atoms with van der Waals surface area (Å²) in [6, 6.07) is 3.66. The van der Waals surface area contributed by atoms with E-state index in [1.54, 1.807) is 13.2 Å². The number of methoxy groups -OCH3 is 1. The summed E-state index contributed by atoms with van der Waals surface area (Å²) in [4.78, 5) is 6.29. The van der Waals surface area contributed by atoms with Crippen LogP contribution in [0.3, 0.4) is 0 Å². The summed E-state index contributed by atoms with van der Waals surface area (Å²) in [5.41, 5.74) is 0.943. The fourth-order valence-corrected chi connectivity index (χ4v) is 2.05. The highest BCUT2D eigenvalue weighted by Gasteiger charge is 2.20. The third-order valence-corrected chi connectivity index (χ3v) is 3.02. The van der Waals surface area contributed by atoms with Crippen LogP contribution in [0.15, 0.2) is 12.1 Å². The van der Waals surface area contributed by atoms with Crippen molar-refractivity contribution in [2.24, 2.45) is 0 Å². The van der Waals surface area contributed by atoms with E-state index in [-0.39, 0.29) is 6.10 Å². The monoisotopic (exact) mass is 242 g/mol. The number of rotatable bonds is 2. The first-order valence-corrected chi connectivity index (χ1v) is 5.72. The average Bonchev–Trinajstić information content (AvgIpc) is 2.30.